The van der Waals surface area contributed by atoms with Gasteiger partial charge in [-0.25, -0.2) is 4.98 Å². The largest absolute Gasteiger partial charge is 0.383 e. The van der Waals surface area contributed by atoms with Crippen LogP contribution >= 0.6 is 0 Å². The second kappa shape index (κ2) is 10.7. The first-order valence-corrected chi connectivity index (χ1v) is 11.1. The van der Waals surface area contributed by atoms with Crippen molar-refractivity contribution in [3.05, 3.63) is 36.1 Å². The minimum atomic E-state index is -0.751. The number of hydrogen-bond acceptors (Lipinski definition) is 6. The van der Waals surface area contributed by atoms with Gasteiger partial charge in [-0.3, -0.25) is 10.2 Å². The first kappa shape index (κ1) is 23.1. The number of nitrogens with two attached hydrogens (primary N) is 2. The minimum Gasteiger partial charge on any atom is -0.383 e. The average molecular weight is 432 g/mol. The Hall–Kier alpha value is -2.52. The standard InChI is InChI=1S/C22H34FN7O/c23-19-12-17(8-11-27-19)30-20(25)18(21(26)31)13-28-22(14-24)9-6-16(7-10-22)29-15-4-2-1-3-5-15/h8,11-13,15-16,28-29H,1-7,9-10,14,24H2,(H2,26,31)(H2,25,27,30)/b18-13+. The van der Waals surface area contributed by atoms with E-state index in [9.17, 15) is 9.18 Å². The number of halogens is 1. The molecule has 2 fully saturated rings. The van der Waals surface area contributed by atoms with Crippen molar-refractivity contribution in [1.29, 1.82) is 5.41 Å². The van der Waals surface area contributed by atoms with Gasteiger partial charge in [0.2, 0.25) is 5.95 Å². The molecule has 0 aliphatic heterocycles. The summed E-state index contributed by atoms with van der Waals surface area (Å²) in [6, 6.07) is 3.77. The molecule has 1 heterocycles. The summed E-state index contributed by atoms with van der Waals surface area (Å²) in [6.07, 6.45) is 13.0. The number of amidine groups is 1. The van der Waals surface area contributed by atoms with Gasteiger partial charge in [0.05, 0.1) is 5.57 Å². The number of carbonyl (C=O) groups is 1. The van der Waals surface area contributed by atoms with Crippen molar-refractivity contribution in [2.45, 2.75) is 75.4 Å². The Bertz CT molecular complexity index is 799. The fourth-order valence-corrected chi connectivity index (χ4v) is 4.53. The highest BCUT2D eigenvalue weighted by atomic mass is 19.1. The molecule has 0 radical (unpaired) electrons. The first-order chi connectivity index (χ1) is 14.9. The molecule has 31 heavy (non-hydrogen) atoms. The van der Waals surface area contributed by atoms with Crippen molar-refractivity contribution < 1.29 is 9.18 Å². The van der Waals surface area contributed by atoms with Crippen LogP contribution in [0, 0.1) is 11.4 Å². The Morgan fingerprint density at radius 3 is 2.52 bits per heavy atom. The number of hydrogen-bond donors (Lipinski definition) is 6. The van der Waals surface area contributed by atoms with E-state index in [-0.39, 0.29) is 16.9 Å². The van der Waals surface area contributed by atoms with Crippen LogP contribution in [-0.4, -0.2) is 40.9 Å². The summed E-state index contributed by atoms with van der Waals surface area (Å²) in [4.78, 5) is 15.4. The lowest BCUT2D eigenvalue weighted by atomic mass is 9.78. The fraction of sp³-hybridized carbons (Fsp3) is 0.591. The van der Waals surface area contributed by atoms with E-state index in [1.165, 1.54) is 50.6 Å². The topological polar surface area (TPSA) is 142 Å². The summed E-state index contributed by atoms with van der Waals surface area (Å²) in [5.74, 6) is -1.65. The van der Waals surface area contributed by atoms with Gasteiger partial charge in [0.15, 0.2) is 0 Å². The van der Waals surface area contributed by atoms with Gasteiger partial charge in [0.1, 0.15) is 5.84 Å². The van der Waals surface area contributed by atoms with Gasteiger partial charge < -0.3 is 27.4 Å². The Morgan fingerprint density at radius 2 is 1.90 bits per heavy atom. The number of rotatable bonds is 8. The molecule has 0 saturated heterocycles. The highest BCUT2D eigenvalue weighted by Crippen LogP contribution is 2.29. The number of aromatic nitrogens is 1. The van der Waals surface area contributed by atoms with Gasteiger partial charge in [0, 0.05) is 48.3 Å². The number of pyridine rings is 1. The van der Waals surface area contributed by atoms with Crippen molar-refractivity contribution in [2.75, 3.05) is 11.9 Å². The first-order valence-electron chi connectivity index (χ1n) is 11.1. The van der Waals surface area contributed by atoms with Crippen molar-refractivity contribution in [1.82, 2.24) is 15.6 Å². The zero-order valence-electron chi connectivity index (χ0n) is 17.9. The number of anilines is 1. The Balaban J connectivity index is 1.59. The summed E-state index contributed by atoms with van der Waals surface area (Å²) >= 11 is 0. The van der Waals surface area contributed by atoms with Crippen LogP contribution in [0.5, 0.6) is 0 Å². The third-order valence-electron chi connectivity index (χ3n) is 6.46. The van der Waals surface area contributed by atoms with Crippen LogP contribution < -0.4 is 27.4 Å². The monoisotopic (exact) mass is 431 g/mol. The van der Waals surface area contributed by atoms with Crippen LogP contribution in [0.2, 0.25) is 0 Å². The van der Waals surface area contributed by atoms with Gasteiger partial charge in [0.25, 0.3) is 5.91 Å². The number of nitrogens with zero attached hydrogens (tertiary/aromatic N) is 1. The van der Waals surface area contributed by atoms with Crippen LogP contribution in [0.3, 0.4) is 0 Å². The summed E-state index contributed by atoms with van der Waals surface area (Å²) < 4.78 is 13.3. The molecule has 3 rings (SSSR count). The predicted octanol–water partition coefficient (Wildman–Crippen LogP) is 2.13. The van der Waals surface area contributed by atoms with Crippen molar-refractivity contribution in [2.24, 2.45) is 11.5 Å². The van der Waals surface area contributed by atoms with Gasteiger partial charge in [-0.2, -0.15) is 4.39 Å². The van der Waals surface area contributed by atoms with Gasteiger partial charge in [-0.05, 0) is 44.6 Å². The van der Waals surface area contributed by atoms with E-state index in [1.54, 1.807) is 0 Å². The molecule has 2 saturated carbocycles. The maximum Gasteiger partial charge on any atom is 0.253 e. The van der Waals surface area contributed by atoms with E-state index < -0.39 is 11.9 Å². The van der Waals surface area contributed by atoms with E-state index in [0.29, 0.717) is 24.3 Å². The molecule has 0 atom stereocenters. The lowest BCUT2D eigenvalue weighted by molar-refractivity contribution is -0.114. The molecule has 1 aromatic rings. The summed E-state index contributed by atoms with van der Waals surface area (Å²) in [7, 11) is 0. The third kappa shape index (κ3) is 6.48. The molecule has 2 aliphatic carbocycles. The highest BCUT2D eigenvalue weighted by molar-refractivity contribution is 6.23. The number of primary amides is 1. The second-order valence-corrected chi connectivity index (χ2v) is 8.69. The highest BCUT2D eigenvalue weighted by Gasteiger charge is 2.34. The maximum atomic E-state index is 13.3. The quantitative estimate of drug-likeness (QED) is 0.161. The predicted molar refractivity (Wildman–Crippen MR) is 120 cm³/mol. The van der Waals surface area contributed by atoms with Crippen molar-refractivity contribution >= 4 is 17.4 Å². The van der Waals surface area contributed by atoms with Crippen LogP contribution in [0.15, 0.2) is 30.1 Å². The van der Waals surface area contributed by atoms with Gasteiger partial charge in [-0.15, -0.1) is 0 Å². The van der Waals surface area contributed by atoms with Crippen LogP contribution in [-0.2, 0) is 4.79 Å². The lowest BCUT2D eigenvalue weighted by Gasteiger charge is -2.41. The molecular weight excluding hydrogens is 397 g/mol. The summed E-state index contributed by atoms with van der Waals surface area (Å²) in [5, 5.41) is 18.0. The molecular formula is C22H34FN7O. The average Bonchev–Trinajstić information content (AvgIpc) is 2.76. The SMILES string of the molecule is N=C(Nc1ccnc(F)c1)/C(=C\NC1(CN)CCC(NC2CCCCC2)CC1)C(N)=O. The molecule has 9 heteroatoms. The molecule has 0 unspecified atom stereocenters. The molecule has 0 bridgehead atoms. The van der Waals surface area contributed by atoms with Crippen LogP contribution in [0.4, 0.5) is 10.1 Å². The van der Waals surface area contributed by atoms with E-state index >= 15 is 0 Å². The zero-order valence-corrected chi connectivity index (χ0v) is 17.9. The van der Waals surface area contributed by atoms with Gasteiger partial charge in [-0.1, -0.05) is 19.3 Å². The smallest absolute Gasteiger partial charge is 0.253 e. The van der Waals surface area contributed by atoms with Crippen molar-refractivity contribution in [3.63, 3.8) is 0 Å². The number of carbonyl (C=O) groups excluding carboxylic acids is 1. The fourth-order valence-electron chi connectivity index (χ4n) is 4.53. The van der Waals surface area contributed by atoms with E-state index in [1.807, 2.05) is 0 Å². The summed E-state index contributed by atoms with van der Waals surface area (Å²) in [6.45, 7) is 0.419. The van der Waals surface area contributed by atoms with E-state index in [0.717, 1.165) is 31.7 Å². The lowest BCUT2D eigenvalue weighted by Crippen LogP contribution is -2.54. The van der Waals surface area contributed by atoms with Crippen LogP contribution in [0.1, 0.15) is 57.8 Å². The maximum absolute atomic E-state index is 13.3. The zero-order chi connectivity index (χ0) is 22.3. The molecule has 170 valence electrons. The van der Waals surface area contributed by atoms with Gasteiger partial charge >= 0.3 is 0 Å². The summed E-state index contributed by atoms with van der Waals surface area (Å²) in [5.41, 5.74) is 11.5. The molecule has 1 amide bonds. The minimum absolute atomic E-state index is 0.0208. The molecule has 8 nitrogen and oxygen atoms in total. The Morgan fingerprint density at radius 1 is 1.23 bits per heavy atom. The number of amides is 1. The van der Waals surface area contributed by atoms with E-state index in [2.05, 4.69) is 20.9 Å². The Labute approximate surface area is 182 Å². The Kier molecular flexibility index (Phi) is 7.97. The van der Waals surface area contributed by atoms with Crippen LogP contribution in [0.25, 0.3) is 0 Å². The molecule has 1 aromatic heterocycles. The van der Waals surface area contributed by atoms with E-state index in [4.69, 9.17) is 16.9 Å². The molecule has 0 spiro atoms. The molecule has 8 N–H and O–H groups in total. The second-order valence-electron chi connectivity index (χ2n) is 8.69. The third-order valence-corrected chi connectivity index (χ3v) is 6.46. The van der Waals surface area contributed by atoms with Crippen molar-refractivity contribution in [3.8, 4) is 0 Å². The number of nitrogens with one attached hydrogen (secondary N) is 4. The molecule has 0 aromatic carbocycles. The normalized spacial score (nSPS) is 25.1. The molecule has 2 aliphatic rings.